The second kappa shape index (κ2) is 5.88. The van der Waals surface area contributed by atoms with Crippen molar-refractivity contribution in [2.45, 2.75) is 31.9 Å². The van der Waals surface area contributed by atoms with Gasteiger partial charge in [-0.05, 0) is 25.8 Å². The SMILES string of the molecule is CC(NC(=O)c1ccoc1)C(=O)N1CCCC(O)C1. The monoisotopic (exact) mass is 266 g/mol. The van der Waals surface area contributed by atoms with E-state index in [4.69, 9.17) is 4.42 Å². The number of aliphatic hydroxyl groups is 1. The van der Waals surface area contributed by atoms with E-state index >= 15 is 0 Å². The fourth-order valence-electron chi connectivity index (χ4n) is 2.16. The molecule has 6 heteroatoms. The van der Waals surface area contributed by atoms with E-state index in [9.17, 15) is 14.7 Å². The minimum Gasteiger partial charge on any atom is -0.472 e. The molecule has 0 bridgehead atoms. The van der Waals surface area contributed by atoms with Crippen molar-refractivity contribution in [2.24, 2.45) is 0 Å². The highest BCUT2D eigenvalue weighted by molar-refractivity contribution is 5.97. The Bertz CT molecular complexity index is 444. The van der Waals surface area contributed by atoms with Gasteiger partial charge in [0.1, 0.15) is 12.3 Å². The van der Waals surface area contributed by atoms with Crippen LogP contribution < -0.4 is 5.32 Å². The fourth-order valence-corrected chi connectivity index (χ4v) is 2.16. The molecule has 2 rings (SSSR count). The third-order valence-electron chi connectivity index (χ3n) is 3.21. The largest absolute Gasteiger partial charge is 0.472 e. The predicted molar refractivity (Wildman–Crippen MR) is 67.5 cm³/mol. The van der Waals surface area contributed by atoms with Crippen LogP contribution in [0.25, 0.3) is 0 Å². The first-order valence-electron chi connectivity index (χ1n) is 6.38. The first-order chi connectivity index (χ1) is 9.08. The van der Waals surface area contributed by atoms with Crippen LogP contribution >= 0.6 is 0 Å². The normalized spacial score (nSPS) is 20.9. The Labute approximate surface area is 111 Å². The van der Waals surface area contributed by atoms with Crippen molar-refractivity contribution >= 4 is 11.8 Å². The van der Waals surface area contributed by atoms with E-state index in [0.29, 0.717) is 18.7 Å². The van der Waals surface area contributed by atoms with Gasteiger partial charge in [0.25, 0.3) is 5.91 Å². The van der Waals surface area contributed by atoms with Crippen LogP contribution in [0.2, 0.25) is 0 Å². The van der Waals surface area contributed by atoms with Crippen molar-refractivity contribution in [3.05, 3.63) is 24.2 Å². The third kappa shape index (κ3) is 3.35. The van der Waals surface area contributed by atoms with Crippen molar-refractivity contribution in [1.82, 2.24) is 10.2 Å². The van der Waals surface area contributed by atoms with Gasteiger partial charge in [-0.3, -0.25) is 9.59 Å². The van der Waals surface area contributed by atoms with E-state index in [-0.39, 0.29) is 11.8 Å². The van der Waals surface area contributed by atoms with Gasteiger partial charge in [0, 0.05) is 13.1 Å². The topological polar surface area (TPSA) is 82.8 Å². The zero-order valence-electron chi connectivity index (χ0n) is 10.8. The third-order valence-corrected chi connectivity index (χ3v) is 3.21. The maximum atomic E-state index is 12.1. The number of carbonyl (C=O) groups excluding carboxylic acids is 2. The van der Waals surface area contributed by atoms with Gasteiger partial charge in [-0.25, -0.2) is 0 Å². The smallest absolute Gasteiger partial charge is 0.255 e. The number of piperidine rings is 1. The Morgan fingerprint density at radius 2 is 2.37 bits per heavy atom. The average Bonchev–Trinajstić information content (AvgIpc) is 2.91. The van der Waals surface area contributed by atoms with Gasteiger partial charge in [-0.15, -0.1) is 0 Å². The van der Waals surface area contributed by atoms with Gasteiger partial charge in [0.05, 0.1) is 17.9 Å². The quantitative estimate of drug-likeness (QED) is 0.828. The van der Waals surface area contributed by atoms with E-state index in [1.165, 1.54) is 18.6 Å². The van der Waals surface area contributed by atoms with E-state index in [0.717, 1.165) is 12.8 Å². The van der Waals surface area contributed by atoms with E-state index in [1.807, 2.05) is 0 Å². The summed E-state index contributed by atoms with van der Waals surface area (Å²) in [5, 5.41) is 12.2. The summed E-state index contributed by atoms with van der Waals surface area (Å²) in [4.78, 5) is 25.5. The number of hydrogen-bond donors (Lipinski definition) is 2. The standard InChI is InChI=1S/C13H18N2O4/c1-9(14-12(17)10-4-6-19-8-10)13(18)15-5-2-3-11(16)7-15/h4,6,8-9,11,16H,2-3,5,7H2,1H3,(H,14,17). The first kappa shape index (κ1) is 13.6. The molecule has 1 fully saturated rings. The molecule has 1 saturated heterocycles. The molecule has 2 atom stereocenters. The van der Waals surface area contributed by atoms with E-state index < -0.39 is 12.1 Å². The summed E-state index contributed by atoms with van der Waals surface area (Å²) in [6, 6.07) is 0.921. The second-order valence-corrected chi connectivity index (χ2v) is 4.79. The van der Waals surface area contributed by atoms with Gasteiger partial charge in [-0.1, -0.05) is 0 Å². The van der Waals surface area contributed by atoms with Crippen molar-refractivity contribution in [3.8, 4) is 0 Å². The van der Waals surface area contributed by atoms with Crippen molar-refractivity contribution in [2.75, 3.05) is 13.1 Å². The number of rotatable bonds is 3. The summed E-state index contributed by atoms with van der Waals surface area (Å²) in [5.41, 5.74) is 0.387. The average molecular weight is 266 g/mol. The molecule has 1 aromatic heterocycles. The summed E-state index contributed by atoms with van der Waals surface area (Å²) < 4.78 is 4.82. The maximum absolute atomic E-state index is 12.1. The van der Waals surface area contributed by atoms with Gasteiger partial charge < -0.3 is 19.7 Å². The lowest BCUT2D eigenvalue weighted by molar-refractivity contribution is -0.135. The lowest BCUT2D eigenvalue weighted by Gasteiger charge is -2.32. The number of amides is 2. The van der Waals surface area contributed by atoms with Crippen LogP contribution in [0.15, 0.2) is 23.0 Å². The van der Waals surface area contributed by atoms with Crippen LogP contribution in [0.4, 0.5) is 0 Å². The zero-order valence-corrected chi connectivity index (χ0v) is 10.8. The Morgan fingerprint density at radius 1 is 1.58 bits per heavy atom. The maximum Gasteiger partial charge on any atom is 0.255 e. The molecule has 1 aliphatic rings. The first-order valence-corrected chi connectivity index (χ1v) is 6.38. The van der Waals surface area contributed by atoms with Gasteiger partial charge in [0.15, 0.2) is 0 Å². The number of likely N-dealkylation sites (tertiary alicyclic amines) is 1. The van der Waals surface area contributed by atoms with Crippen LogP contribution in [-0.2, 0) is 4.79 Å². The van der Waals surface area contributed by atoms with E-state index in [1.54, 1.807) is 11.8 Å². The lowest BCUT2D eigenvalue weighted by Crippen LogP contribution is -2.51. The van der Waals surface area contributed by atoms with Crippen LogP contribution in [0.3, 0.4) is 0 Å². The van der Waals surface area contributed by atoms with E-state index in [2.05, 4.69) is 5.32 Å². The van der Waals surface area contributed by atoms with Gasteiger partial charge >= 0.3 is 0 Å². The molecule has 0 saturated carbocycles. The van der Waals surface area contributed by atoms with Crippen LogP contribution in [0.1, 0.15) is 30.1 Å². The Morgan fingerprint density at radius 3 is 3.00 bits per heavy atom. The molecule has 2 unspecified atom stereocenters. The summed E-state index contributed by atoms with van der Waals surface area (Å²) in [7, 11) is 0. The van der Waals surface area contributed by atoms with Gasteiger partial charge in [0.2, 0.25) is 5.91 Å². The van der Waals surface area contributed by atoms with Crippen molar-refractivity contribution in [3.63, 3.8) is 0 Å². The minimum absolute atomic E-state index is 0.171. The Balaban J connectivity index is 1.90. The molecule has 1 aromatic rings. The zero-order chi connectivity index (χ0) is 13.8. The number of nitrogens with zero attached hydrogens (tertiary/aromatic N) is 1. The molecule has 0 aromatic carbocycles. The number of aliphatic hydroxyl groups excluding tert-OH is 1. The Hall–Kier alpha value is -1.82. The highest BCUT2D eigenvalue weighted by Crippen LogP contribution is 2.11. The highest BCUT2D eigenvalue weighted by Gasteiger charge is 2.26. The molecule has 6 nitrogen and oxygen atoms in total. The molecule has 2 amide bonds. The molecule has 0 aliphatic carbocycles. The predicted octanol–water partition coefficient (Wildman–Crippen LogP) is 0.381. The lowest BCUT2D eigenvalue weighted by atomic mass is 10.1. The molecule has 2 heterocycles. The molecule has 0 spiro atoms. The molecule has 2 N–H and O–H groups in total. The Kier molecular flexibility index (Phi) is 4.21. The fraction of sp³-hybridized carbons (Fsp3) is 0.538. The summed E-state index contributed by atoms with van der Waals surface area (Å²) in [6.45, 7) is 2.61. The number of furan rings is 1. The molecule has 19 heavy (non-hydrogen) atoms. The molecule has 0 radical (unpaired) electrons. The minimum atomic E-state index is -0.618. The molecular formula is C13H18N2O4. The molecule has 104 valence electrons. The highest BCUT2D eigenvalue weighted by atomic mass is 16.3. The van der Waals surface area contributed by atoms with Crippen LogP contribution in [0, 0.1) is 0 Å². The van der Waals surface area contributed by atoms with Crippen LogP contribution in [-0.4, -0.2) is 47.1 Å². The van der Waals surface area contributed by atoms with Crippen molar-refractivity contribution < 1.29 is 19.1 Å². The summed E-state index contributed by atoms with van der Waals surface area (Å²) in [5.74, 6) is -0.511. The number of β-amino-alcohol motifs (C(OH)–C–C–N with tert-alkyl or cyclic N) is 1. The van der Waals surface area contributed by atoms with Crippen LogP contribution in [0.5, 0.6) is 0 Å². The number of carbonyl (C=O) groups is 2. The summed E-state index contributed by atoms with van der Waals surface area (Å²) >= 11 is 0. The molecule has 1 aliphatic heterocycles. The molecular weight excluding hydrogens is 248 g/mol. The second-order valence-electron chi connectivity index (χ2n) is 4.79. The van der Waals surface area contributed by atoms with Crippen molar-refractivity contribution in [1.29, 1.82) is 0 Å². The summed E-state index contributed by atoms with van der Waals surface area (Å²) in [6.07, 6.45) is 3.78. The number of nitrogens with one attached hydrogen (secondary N) is 1. The number of hydrogen-bond acceptors (Lipinski definition) is 4. The van der Waals surface area contributed by atoms with Gasteiger partial charge in [-0.2, -0.15) is 0 Å².